The third kappa shape index (κ3) is 3.82. The summed E-state index contributed by atoms with van der Waals surface area (Å²) in [6, 6.07) is 18.8. The van der Waals surface area contributed by atoms with Crippen molar-refractivity contribution >= 4 is 11.6 Å². The van der Waals surface area contributed by atoms with Crippen LogP contribution in [0.25, 0.3) is 0 Å². The van der Waals surface area contributed by atoms with Gasteiger partial charge in [0.25, 0.3) is 0 Å². The van der Waals surface area contributed by atoms with Gasteiger partial charge >= 0.3 is 0 Å². The molecule has 0 aliphatic heterocycles. The molecule has 1 atom stereocenters. The molecule has 2 aromatic rings. The Labute approximate surface area is 120 Å². The number of halogens is 1. The van der Waals surface area contributed by atoms with Gasteiger partial charge in [0.1, 0.15) is 0 Å². The van der Waals surface area contributed by atoms with E-state index in [2.05, 4.69) is 61.5 Å². The van der Waals surface area contributed by atoms with Crippen molar-refractivity contribution in [3.8, 4) is 0 Å². The molecule has 0 aromatic heterocycles. The topological polar surface area (TPSA) is 3.24 Å². The summed E-state index contributed by atoms with van der Waals surface area (Å²) in [7, 11) is 4.21. The number of benzene rings is 2. The molecule has 2 heteroatoms. The van der Waals surface area contributed by atoms with Gasteiger partial charge in [-0.3, -0.25) is 0 Å². The van der Waals surface area contributed by atoms with Crippen LogP contribution in [0.3, 0.4) is 0 Å². The van der Waals surface area contributed by atoms with Crippen LogP contribution in [0.15, 0.2) is 54.6 Å². The van der Waals surface area contributed by atoms with Gasteiger partial charge in [-0.1, -0.05) is 60.1 Å². The Hall–Kier alpha value is -1.31. The summed E-state index contributed by atoms with van der Waals surface area (Å²) in [5, 5.41) is 0.857. The highest BCUT2D eigenvalue weighted by molar-refractivity contribution is 6.31. The fourth-order valence-electron chi connectivity index (χ4n) is 2.33. The van der Waals surface area contributed by atoms with Gasteiger partial charge in [0.15, 0.2) is 0 Å². The zero-order valence-corrected chi connectivity index (χ0v) is 12.3. The van der Waals surface area contributed by atoms with Crippen LogP contribution in [0, 0.1) is 0 Å². The maximum Gasteiger partial charge on any atom is 0.0444 e. The molecule has 0 radical (unpaired) electrons. The van der Waals surface area contributed by atoms with E-state index >= 15 is 0 Å². The van der Waals surface area contributed by atoms with Crippen molar-refractivity contribution in [2.45, 2.75) is 12.3 Å². The monoisotopic (exact) mass is 273 g/mol. The fraction of sp³-hybridized carbons (Fsp3) is 0.294. The lowest BCUT2D eigenvalue weighted by atomic mass is 9.88. The Morgan fingerprint density at radius 2 is 1.58 bits per heavy atom. The van der Waals surface area contributed by atoms with E-state index in [1.807, 2.05) is 12.1 Å². The zero-order valence-electron chi connectivity index (χ0n) is 11.5. The normalized spacial score (nSPS) is 12.6. The van der Waals surface area contributed by atoms with E-state index in [4.69, 9.17) is 11.6 Å². The van der Waals surface area contributed by atoms with Crippen molar-refractivity contribution in [3.63, 3.8) is 0 Å². The molecule has 1 nitrogen and oxygen atoms in total. The highest BCUT2D eigenvalue weighted by Crippen LogP contribution is 2.32. The van der Waals surface area contributed by atoms with Crippen LogP contribution in [-0.4, -0.2) is 25.5 Å². The predicted octanol–water partition coefficient (Wildman–Crippen LogP) is 4.42. The molecule has 0 aliphatic carbocycles. The highest BCUT2D eigenvalue weighted by Gasteiger charge is 2.16. The second kappa shape index (κ2) is 6.74. The molecule has 2 rings (SSSR count). The van der Waals surface area contributed by atoms with E-state index < -0.39 is 0 Å². The molecule has 0 bridgehead atoms. The van der Waals surface area contributed by atoms with E-state index in [1.165, 1.54) is 11.1 Å². The Bertz CT molecular complexity index is 508. The largest absolute Gasteiger partial charge is 0.309 e. The molecule has 0 saturated carbocycles. The number of hydrogen-bond donors (Lipinski definition) is 0. The van der Waals surface area contributed by atoms with Crippen LogP contribution in [0.1, 0.15) is 23.5 Å². The summed E-state index contributed by atoms with van der Waals surface area (Å²) >= 11 is 6.37. The van der Waals surface area contributed by atoms with E-state index in [0.717, 1.165) is 18.0 Å². The molecule has 0 heterocycles. The van der Waals surface area contributed by atoms with Crippen molar-refractivity contribution in [2.24, 2.45) is 0 Å². The van der Waals surface area contributed by atoms with Gasteiger partial charge in [-0.25, -0.2) is 0 Å². The lowest BCUT2D eigenvalue weighted by Crippen LogP contribution is -2.16. The summed E-state index contributed by atoms with van der Waals surface area (Å²) in [6.45, 7) is 1.05. The standard InChI is InChI=1S/C17H20ClN/c1-19(2)13-12-15(14-8-4-3-5-9-14)16-10-6-7-11-17(16)18/h3-11,15H,12-13H2,1-2H3. The van der Waals surface area contributed by atoms with Crippen molar-refractivity contribution in [1.82, 2.24) is 4.90 Å². The van der Waals surface area contributed by atoms with Gasteiger partial charge in [-0.05, 0) is 44.3 Å². The van der Waals surface area contributed by atoms with Crippen LogP contribution in [0.2, 0.25) is 5.02 Å². The molecular formula is C17H20ClN. The third-order valence-electron chi connectivity index (χ3n) is 3.35. The van der Waals surface area contributed by atoms with E-state index in [0.29, 0.717) is 5.92 Å². The first-order valence-corrected chi connectivity index (χ1v) is 7.00. The minimum atomic E-state index is 0.359. The van der Waals surface area contributed by atoms with Gasteiger partial charge in [-0.2, -0.15) is 0 Å². The molecule has 0 saturated heterocycles. The molecule has 1 unspecified atom stereocenters. The van der Waals surface area contributed by atoms with Crippen LogP contribution >= 0.6 is 11.6 Å². The smallest absolute Gasteiger partial charge is 0.0444 e. The summed E-state index contributed by atoms with van der Waals surface area (Å²) < 4.78 is 0. The first kappa shape index (κ1) is 14.1. The third-order valence-corrected chi connectivity index (χ3v) is 3.69. The lowest BCUT2D eigenvalue weighted by Gasteiger charge is -2.21. The van der Waals surface area contributed by atoms with Gasteiger partial charge in [0.05, 0.1) is 0 Å². The Kier molecular flexibility index (Phi) is 5.00. The maximum absolute atomic E-state index is 6.37. The minimum Gasteiger partial charge on any atom is -0.309 e. The molecule has 0 amide bonds. The second-order valence-corrected chi connectivity index (χ2v) is 5.48. The van der Waals surface area contributed by atoms with E-state index in [9.17, 15) is 0 Å². The molecular weight excluding hydrogens is 254 g/mol. The van der Waals surface area contributed by atoms with Crippen molar-refractivity contribution in [3.05, 3.63) is 70.7 Å². The molecule has 2 aromatic carbocycles. The SMILES string of the molecule is CN(C)CCC(c1ccccc1)c1ccccc1Cl. The summed E-state index contributed by atoms with van der Waals surface area (Å²) in [5.74, 6) is 0.359. The summed E-state index contributed by atoms with van der Waals surface area (Å²) in [6.07, 6.45) is 1.07. The molecule has 0 spiro atoms. The summed E-state index contributed by atoms with van der Waals surface area (Å²) in [5.41, 5.74) is 2.55. The molecule has 100 valence electrons. The maximum atomic E-state index is 6.37. The second-order valence-electron chi connectivity index (χ2n) is 5.08. The highest BCUT2D eigenvalue weighted by atomic mass is 35.5. The quantitative estimate of drug-likeness (QED) is 0.779. The van der Waals surface area contributed by atoms with Crippen molar-refractivity contribution in [2.75, 3.05) is 20.6 Å². The van der Waals surface area contributed by atoms with Gasteiger partial charge < -0.3 is 4.90 Å². The van der Waals surface area contributed by atoms with Crippen molar-refractivity contribution in [1.29, 1.82) is 0 Å². The van der Waals surface area contributed by atoms with Crippen LogP contribution in [-0.2, 0) is 0 Å². The van der Waals surface area contributed by atoms with Gasteiger partial charge in [0, 0.05) is 10.9 Å². The number of nitrogens with zero attached hydrogens (tertiary/aromatic N) is 1. The number of hydrogen-bond acceptors (Lipinski definition) is 1. The minimum absolute atomic E-state index is 0.359. The fourth-order valence-corrected chi connectivity index (χ4v) is 2.60. The first-order chi connectivity index (χ1) is 9.18. The van der Waals surface area contributed by atoms with Crippen LogP contribution < -0.4 is 0 Å². The zero-order chi connectivity index (χ0) is 13.7. The van der Waals surface area contributed by atoms with Crippen LogP contribution in [0.4, 0.5) is 0 Å². The number of rotatable bonds is 5. The van der Waals surface area contributed by atoms with Crippen molar-refractivity contribution < 1.29 is 0 Å². The molecule has 0 aliphatic rings. The molecule has 0 fully saturated rings. The summed E-state index contributed by atoms with van der Waals surface area (Å²) in [4.78, 5) is 2.22. The average Bonchev–Trinajstić information content (AvgIpc) is 2.42. The van der Waals surface area contributed by atoms with E-state index in [1.54, 1.807) is 0 Å². The van der Waals surface area contributed by atoms with Gasteiger partial charge in [0.2, 0.25) is 0 Å². The molecule has 0 N–H and O–H groups in total. The Balaban J connectivity index is 2.32. The lowest BCUT2D eigenvalue weighted by molar-refractivity contribution is 0.390. The predicted molar refractivity (Wildman–Crippen MR) is 82.9 cm³/mol. The first-order valence-electron chi connectivity index (χ1n) is 6.62. The Morgan fingerprint density at radius 1 is 0.947 bits per heavy atom. The van der Waals surface area contributed by atoms with Crippen LogP contribution in [0.5, 0.6) is 0 Å². The van der Waals surface area contributed by atoms with Gasteiger partial charge in [-0.15, -0.1) is 0 Å². The van der Waals surface area contributed by atoms with E-state index in [-0.39, 0.29) is 0 Å². The average molecular weight is 274 g/mol. The Morgan fingerprint density at radius 3 is 2.21 bits per heavy atom. The molecule has 19 heavy (non-hydrogen) atoms.